The van der Waals surface area contributed by atoms with Crippen molar-refractivity contribution < 1.29 is 0 Å². The van der Waals surface area contributed by atoms with E-state index in [1.165, 1.54) is 49.7 Å². The Morgan fingerprint density at radius 1 is 1.25 bits per heavy atom. The Hall–Kier alpha value is -0.470. The molecule has 20 heavy (non-hydrogen) atoms. The third-order valence-electron chi connectivity index (χ3n) is 4.50. The zero-order chi connectivity index (χ0) is 14.4. The molecular weight excluding hydrogens is 262 g/mol. The molecule has 1 aromatic rings. The van der Waals surface area contributed by atoms with Crippen molar-refractivity contribution in [2.75, 3.05) is 6.26 Å². The average molecular weight is 292 g/mol. The van der Waals surface area contributed by atoms with Crippen LogP contribution >= 0.6 is 11.8 Å². The first-order chi connectivity index (χ1) is 9.72. The van der Waals surface area contributed by atoms with E-state index in [-0.39, 0.29) is 0 Å². The van der Waals surface area contributed by atoms with Crippen LogP contribution in [0.3, 0.4) is 0 Å². The fraction of sp³-hybridized carbons (Fsp3) is 0.667. The summed E-state index contributed by atoms with van der Waals surface area (Å²) in [6.07, 6.45) is 10.1. The van der Waals surface area contributed by atoms with Gasteiger partial charge in [0, 0.05) is 17.3 Å². The van der Waals surface area contributed by atoms with Crippen LogP contribution in [0.1, 0.15) is 63.1 Å². The summed E-state index contributed by atoms with van der Waals surface area (Å²) in [5, 5.41) is 4.68. The predicted molar refractivity (Wildman–Crippen MR) is 91.5 cm³/mol. The van der Waals surface area contributed by atoms with Crippen LogP contribution in [-0.4, -0.2) is 17.5 Å². The number of unbranched alkanes of at least 4 members (excludes halogenated alkanes) is 1. The monoisotopic (exact) mass is 291 g/mol. The third kappa shape index (κ3) is 4.53. The lowest BCUT2D eigenvalue weighted by Crippen LogP contribution is -2.29. The summed E-state index contributed by atoms with van der Waals surface area (Å²) in [5.74, 6) is 0. The van der Waals surface area contributed by atoms with Gasteiger partial charge in [0.15, 0.2) is 0 Å². The van der Waals surface area contributed by atoms with E-state index >= 15 is 0 Å². The second-order valence-corrected chi connectivity index (χ2v) is 7.24. The van der Waals surface area contributed by atoms with Gasteiger partial charge in [-0.3, -0.25) is 0 Å². The highest BCUT2D eigenvalue weighted by atomic mass is 32.2. The van der Waals surface area contributed by atoms with Gasteiger partial charge in [0.1, 0.15) is 0 Å². The van der Waals surface area contributed by atoms with Crippen LogP contribution in [0.15, 0.2) is 24.3 Å². The van der Waals surface area contributed by atoms with Crippen molar-refractivity contribution in [3.63, 3.8) is 0 Å². The molecule has 2 heteroatoms. The van der Waals surface area contributed by atoms with Gasteiger partial charge in [-0.1, -0.05) is 37.6 Å². The summed E-state index contributed by atoms with van der Waals surface area (Å²) in [6, 6.07) is 10.4. The first-order valence-corrected chi connectivity index (χ1v) is 9.39. The predicted octanol–water partition coefficient (Wildman–Crippen LogP) is 4.96. The van der Waals surface area contributed by atoms with Crippen LogP contribution in [-0.2, 0) is 6.42 Å². The van der Waals surface area contributed by atoms with Crippen molar-refractivity contribution >= 4 is 11.8 Å². The highest BCUT2D eigenvalue weighted by Crippen LogP contribution is 2.29. The van der Waals surface area contributed by atoms with Crippen LogP contribution < -0.4 is 5.32 Å². The fourth-order valence-corrected chi connectivity index (χ4v) is 3.91. The number of aryl methyl sites for hydroxylation is 1. The summed E-state index contributed by atoms with van der Waals surface area (Å²) < 4.78 is 0. The lowest BCUT2D eigenvalue weighted by atomic mass is 10.0. The van der Waals surface area contributed by atoms with Crippen molar-refractivity contribution in [1.82, 2.24) is 5.32 Å². The molecule has 112 valence electrons. The minimum absolute atomic E-state index is 0.473. The molecule has 1 fully saturated rings. The Morgan fingerprint density at radius 3 is 2.60 bits per heavy atom. The van der Waals surface area contributed by atoms with Crippen LogP contribution in [0.25, 0.3) is 0 Å². The Kier molecular flexibility index (Phi) is 6.44. The molecular formula is C18H29NS. The number of thioether (sulfide) groups is 1. The van der Waals surface area contributed by atoms with Crippen molar-refractivity contribution in [3.05, 3.63) is 35.4 Å². The molecule has 1 saturated carbocycles. The molecule has 2 rings (SSSR count). The molecule has 1 aromatic carbocycles. The van der Waals surface area contributed by atoms with E-state index in [1.807, 2.05) is 11.8 Å². The lowest BCUT2D eigenvalue weighted by molar-refractivity contribution is 0.462. The highest BCUT2D eigenvalue weighted by molar-refractivity contribution is 7.99. The Morgan fingerprint density at radius 2 is 2.00 bits per heavy atom. The summed E-state index contributed by atoms with van der Waals surface area (Å²) in [6.45, 7) is 4.55. The van der Waals surface area contributed by atoms with E-state index in [1.54, 1.807) is 0 Å². The van der Waals surface area contributed by atoms with Gasteiger partial charge in [-0.05, 0) is 56.4 Å². The van der Waals surface area contributed by atoms with Gasteiger partial charge in [-0.15, -0.1) is 0 Å². The lowest BCUT2D eigenvalue weighted by Gasteiger charge is -2.20. The van der Waals surface area contributed by atoms with E-state index in [9.17, 15) is 0 Å². The van der Waals surface area contributed by atoms with Crippen LogP contribution in [0.5, 0.6) is 0 Å². The first kappa shape index (κ1) is 15.9. The second-order valence-electron chi connectivity index (χ2n) is 6.10. The summed E-state index contributed by atoms with van der Waals surface area (Å²) in [5.41, 5.74) is 2.91. The van der Waals surface area contributed by atoms with E-state index in [2.05, 4.69) is 49.7 Å². The molecule has 0 saturated heterocycles. The first-order valence-electron chi connectivity index (χ1n) is 8.10. The number of nitrogens with one attached hydrogen (secondary N) is 1. The fourth-order valence-electron chi connectivity index (χ4n) is 3.11. The molecule has 0 amide bonds. The van der Waals surface area contributed by atoms with Crippen LogP contribution in [0.4, 0.5) is 0 Å². The number of benzene rings is 1. The Balaban J connectivity index is 1.84. The minimum atomic E-state index is 0.473. The summed E-state index contributed by atoms with van der Waals surface area (Å²) in [4.78, 5) is 0. The maximum atomic E-state index is 3.81. The maximum absolute atomic E-state index is 3.81. The second kappa shape index (κ2) is 8.09. The number of hydrogen-bond donors (Lipinski definition) is 1. The van der Waals surface area contributed by atoms with Gasteiger partial charge >= 0.3 is 0 Å². The molecule has 0 radical (unpaired) electrons. The van der Waals surface area contributed by atoms with E-state index in [4.69, 9.17) is 0 Å². The summed E-state index contributed by atoms with van der Waals surface area (Å²) in [7, 11) is 0. The van der Waals surface area contributed by atoms with Gasteiger partial charge in [-0.2, -0.15) is 11.8 Å². The molecule has 1 N–H and O–H groups in total. The van der Waals surface area contributed by atoms with Gasteiger partial charge in [-0.25, -0.2) is 0 Å². The van der Waals surface area contributed by atoms with Gasteiger partial charge in [0.25, 0.3) is 0 Å². The van der Waals surface area contributed by atoms with Crippen molar-refractivity contribution in [3.8, 4) is 0 Å². The molecule has 0 aliphatic heterocycles. The topological polar surface area (TPSA) is 12.0 Å². The SMILES string of the molecule is CCCCc1ccc(C(C)NC2CCC(SC)C2)cc1. The summed E-state index contributed by atoms with van der Waals surface area (Å²) >= 11 is 2.03. The standard InChI is InChI=1S/C18H29NS/c1-4-5-6-15-7-9-16(10-8-15)14(2)19-17-11-12-18(13-17)20-3/h7-10,14,17-19H,4-6,11-13H2,1-3H3. The van der Waals surface area contributed by atoms with Crippen molar-refractivity contribution in [1.29, 1.82) is 0 Å². The zero-order valence-electron chi connectivity index (χ0n) is 13.2. The average Bonchev–Trinajstić information content (AvgIpc) is 2.93. The highest BCUT2D eigenvalue weighted by Gasteiger charge is 2.24. The molecule has 1 aliphatic carbocycles. The Bertz CT molecular complexity index is 387. The third-order valence-corrected chi connectivity index (χ3v) is 5.60. The molecule has 0 heterocycles. The molecule has 3 unspecified atom stereocenters. The quantitative estimate of drug-likeness (QED) is 0.761. The molecule has 1 nitrogen and oxygen atoms in total. The molecule has 0 bridgehead atoms. The van der Waals surface area contributed by atoms with Crippen LogP contribution in [0, 0.1) is 0 Å². The smallest absolute Gasteiger partial charge is 0.0294 e. The minimum Gasteiger partial charge on any atom is -0.307 e. The Labute approximate surface area is 128 Å². The van der Waals surface area contributed by atoms with E-state index < -0.39 is 0 Å². The van der Waals surface area contributed by atoms with Crippen molar-refractivity contribution in [2.24, 2.45) is 0 Å². The van der Waals surface area contributed by atoms with Gasteiger partial charge in [0.2, 0.25) is 0 Å². The molecule has 0 spiro atoms. The molecule has 3 atom stereocenters. The number of hydrogen-bond acceptors (Lipinski definition) is 2. The normalized spacial score (nSPS) is 23.9. The molecule has 0 aromatic heterocycles. The number of rotatable bonds is 7. The van der Waals surface area contributed by atoms with E-state index in [0.717, 1.165) is 5.25 Å². The zero-order valence-corrected chi connectivity index (χ0v) is 14.0. The van der Waals surface area contributed by atoms with Crippen molar-refractivity contribution in [2.45, 2.75) is 69.7 Å². The maximum Gasteiger partial charge on any atom is 0.0294 e. The van der Waals surface area contributed by atoms with Gasteiger partial charge in [0.05, 0.1) is 0 Å². The van der Waals surface area contributed by atoms with Gasteiger partial charge < -0.3 is 5.32 Å². The van der Waals surface area contributed by atoms with Crippen LogP contribution in [0.2, 0.25) is 0 Å². The largest absolute Gasteiger partial charge is 0.307 e. The van der Waals surface area contributed by atoms with E-state index in [0.29, 0.717) is 12.1 Å². The molecule has 1 aliphatic rings.